The number of rotatable bonds is 6. The fraction of sp³-hybridized carbons (Fsp3) is 0. The fourth-order valence-corrected chi connectivity index (χ4v) is 8.15. The van der Waals surface area contributed by atoms with Gasteiger partial charge in [-0.3, -0.25) is 0 Å². The molecule has 3 heteroatoms. The van der Waals surface area contributed by atoms with E-state index in [1.165, 1.54) is 38.6 Å². The van der Waals surface area contributed by atoms with E-state index in [1.807, 2.05) is 24.3 Å². The van der Waals surface area contributed by atoms with Crippen molar-refractivity contribution in [2.45, 2.75) is 0 Å². The van der Waals surface area contributed by atoms with Crippen molar-refractivity contribution >= 4 is 71.7 Å². The predicted molar refractivity (Wildman–Crippen MR) is 229 cm³/mol. The standard InChI is InChI=1S/C52H33NO2/c1-2-11-36-31-41(23-22-34(36)10-1)40-15-8-14-39(32-40)38-13-7-12-37(30-38)35-24-26-42(27-25-35)53(43-28-29-50-46(33-43)44-16-3-5-19-48(44)54-50)47-18-9-21-51-52(47)45-17-4-6-20-49(45)55-51/h1-33H. The van der Waals surface area contributed by atoms with Crippen molar-refractivity contribution in [3.63, 3.8) is 0 Å². The summed E-state index contributed by atoms with van der Waals surface area (Å²) in [5, 5.41) is 6.86. The fourth-order valence-electron chi connectivity index (χ4n) is 8.15. The Labute approximate surface area is 317 Å². The highest BCUT2D eigenvalue weighted by molar-refractivity contribution is 6.14. The van der Waals surface area contributed by atoms with E-state index in [-0.39, 0.29) is 0 Å². The molecule has 9 aromatic carbocycles. The SMILES string of the molecule is c1cc(-c2ccc(N(c3ccc4oc5ccccc5c4c3)c3cccc4oc5ccccc5c34)cc2)cc(-c2cccc(-c3ccc4ccccc4c3)c2)c1. The summed E-state index contributed by atoms with van der Waals surface area (Å²) in [6.07, 6.45) is 0. The summed E-state index contributed by atoms with van der Waals surface area (Å²) in [6.45, 7) is 0. The average molecular weight is 704 g/mol. The molecule has 0 aliphatic rings. The number of fused-ring (bicyclic) bond motifs is 7. The Hall–Kier alpha value is -7.36. The smallest absolute Gasteiger partial charge is 0.137 e. The summed E-state index contributed by atoms with van der Waals surface area (Å²) in [4.78, 5) is 2.34. The van der Waals surface area contributed by atoms with E-state index in [0.717, 1.165) is 66.5 Å². The minimum atomic E-state index is 0.858. The molecule has 0 bridgehead atoms. The van der Waals surface area contributed by atoms with Crippen molar-refractivity contribution in [1.82, 2.24) is 0 Å². The minimum absolute atomic E-state index is 0.858. The zero-order valence-electron chi connectivity index (χ0n) is 29.8. The van der Waals surface area contributed by atoms with Gasteiger partial charge < -0.3 is 13.7 Å². The Bertz CT molecular complexity index is 3220. The van der Waals surface area contributed by atoms with Crippen LogP contribution in [0.2, 0.25) is 0 Å². The average Bonchev–Trinajstić information content (AvgIpc) is 3.83. The van der Waals surface area contributed by atoms with Crippen molar-refractivity contribution in [3.05, 3.63) is 200 Å². The first-order valence-electron chi connectivity index (χ1n) is 18.7. The van der Waals surface area contributed by atoms with Gasteiger partial charge in [-0.2, -0.15) is 0 Å². The quantitative estimate of drug-likeness (QED) is 0.173. The second-order valence-electron chi connectivity index (χ2n) is 14.1. The summed E-state index contributed by atoms with van der Waals surface area (Å²) in [5.41, 5.74) is 13.8. The summed E-state index contributed by atoms with van der Waals surface area (Å²) in [5.74, 6) is 0. The van der Waals surface area contributed by atoms with Crippen LogP contribution in [-0.4, -0.2) is 0 Å². The third-order valence-corrected chi connectivity index (χ3v) is 10.8. The lowest BCUT2D eigenvalue weighted by Crippen LogP contribution is -2.10. The molecule has 0 saturated carbocycles. The molecule has 0 N–H and O–H groups in total. The highest BCUT2D eigenvalue weighted by Crippen LogP contribution is 2.44. The van der Waals surface area contributed by atoms with Gasteiger partial charge in [0.05, 0.1) is 11.1 Å². The Morgan fingerprint density at radius 3 is 1.58 bits per heavy atom. The first kappa shape index (κ1) is 31.2. The van der Waals surface area contributed by atoms with Crippen LogP contribution in [0.3, 0.4) is 0 Å². The molecule has 258 valence electrons. The normalized spacial score (nSPS) is 11.6. The molecule has 0 spiro atoms. The second kappa shape index (κ2) is 12.6. The molecule has 2 heterocycles. The van der Waals surface area contributed by atoms with E-state index in [4.69, 9.17) is 8.83 Å². The van der Waals surface area contributed by atoms with E-state index in [0.29, 0.717) is 0 Å². The van der Waals surface area contributed by atoms with Crippen LogP contribution >= 0.6 is 0 Å². The van der Waals surface area contributed by atoms with E-state index in [2.05, 4.69) is 181 Å². The van der Waals surface area contributed by atoms with Crippen LogP contribution in [-0.2, 0) is 0 Å². The summed E-state index contributed by atoms with van der Waals surface area (Å²) in [6, 6.07) is 71.1. The van der Waals surface area contributed by atoms with Gasteiger partial charge in [-0.1, -0.05) is 127 Å². The lowest BCUT2D eigenvalue weighted by molar-refractivity contribution is 0.668. The Balaban J connectivity index is 0.998. The van der Waals surface area contributed by atoms with Gasteiger partial charge in [0.25, 0.3) is 0 Å². The van der Waals surface area contributed by atoms with Crippen LogP contribution in [0.25, 0.3) is 88.0 Å². The number of furan rings is 2. The Kier molecular flexibility index (Phi) is 7.17. The largest absolute Gasteiger partial charge is 0.456 e. The minimum Gasteiger partial charge on any atom is -0.456 e. The predicted octanol–water partition coefficient (Wildman–Crippen LogP) is 15.1. The van der Waals surface area contributed by atoms with Gasteiger partial charge in [0.1, 0.15) is 22.3 Å². The van der Waals surface area contributed by atoms with Gasteiger partial charge in [-0.05, 0) is 117 Å². The van der Waals surface area contributed by atoms with Crippen LogP contribution in [0.4, 0.5) is 17.1 Å². The molecule has 11 rings (SSSR count). The zero-order valence-corrected chi connectivity index (χ0v) is 29.8. The molecule has 0 radical (unpaired) electrons. The number of para-hydroxylation sites is 2. The number of hydrogen-bond acceptors (Lipinski definition) is 3. The monoisotopic (exact) mass is 703 g/mol. The van der Waals surface area contributed by atoms with Gasteiger partial charge in [-0.15, -0.1) is 0 Å². The van der Waals surface area contributed by atoms with Crippen LogP contribution in [0.1, 0.15) is 0 Å². The number of anilines is 3. The van der Waals surface area contributed by atoms with Crippen molar-refractivity contribution in [2.75, 3.05) is 4.90 Å². The maximum atomic E-state index is 6.36. The van der Waals surface area contributed by atoms with Crippen molar-refractivity contribution in [1.29, 1.82) is 0 Å². The lowest BCUT2D eigenvalue weighted by atomic mass is 9.95. The summed E-state index contributed by atoms with van der Waals surface area (Å²) >= 11 is 0. The van der Waals surface area contributed by atoms with Crippen LogP contribution in [0.15, 0.2) is 209 Å². The second-order valence-corrected chi connectivity index (χ2v) is 14.1. The summed E-state index contributed by atoms with van der Waals surface area (Å²) < 4.78 is 12.6. The van der Waals surface area contributed by atoms with Gasteiger partial charge in [0, 0.05) is 27.5 Å². The molecule has 0 atom stereocenters. The number of hydrogen-bond donors (Lipinski definition) is 0. The highest BCUT2D eigenvalue weighted by atomic mass is 16.3. The number of nitrogens with zero attached hydrogens (tertiary/aromatic N) is 1. The summed E-state index contributed by atoms with van der Waals surface area (Å²) in [7, 11) is 0. The van der Waals surface area contributed by atoms with Crippen LogP contribution in [0.5, 0.6) is 0 Å². The van der Waals surface area contributed by atoms with Crippen LogP contribution < -0.4 is 4.90 Å². The third-order valence-electron chi connectivity index (χ3n) is 10.8. The molecular formula is C52H33NO2. The molecule has 0 fully saturated rings. The molecule has 0 aliphatic heterocycles. The van der Waals surface area contributed by atoms with Gasteiger partial charge >= 0.3 is 0 Å². The molecule has 0 aliphatic carbocycles. The molecular weight excluding hydrogens is 671 g/mol. The van der Waals surface area contributed by atoms with Gasteiger partial charge in [0.2, 0.25) is 0 Å². The first-order valence-corrected chi connectivity index (χ1v) is 18.7. The number of benzene rings is 9. The maximum absolute atomic E-state index is 6.36. The van der Waals surface area contributed by atoms with Gasteiger partial charge in [-0.25, -0.2) is 0 Å². The molecule has 0 amide bonds. The Morgan fingerprint density at radius 2 is 0.818 bits per heavy atom. The maximum Gasteiger partial charge on any atom is 0.137 e. The molecule has 11 aromatic rings. The van der Waals surface area contributed by atoms with E-state index < -0.39 is 0 Å². The van der Waals surface area contributed by atoms with E-state index >= 15 is 0 Å². The molecule has 3 nitrogen and oxygen atoms in total. The third kappa shape index (κ3) is 5.36. The molecule has 0 saturated heterocycles. The Morgan fingerprint density at radius 1 is 0.291 bits per heavy atom. The zero-order chi connectivity index (χ0) is 36.3. The van der Waals surface area contributed by atoms with Crippen LogP contribution in [0, 0.1) is 0 Å². The molecule has 55 heavy (non-hydrogen) atoms. The lowest BCUT2D eigenvalue weighted by Gasteiger charge is -2.26. The van der Waals surface area contributed by atoms with Gasteiger partial charge in [0.15, 0.2) is 0 Å². The van der Waals surface area contributed by atoms with Crippen molar-refractivity contribution in [3.8, 4) is 33.4 Å². The van der Waals surface area contributed by atoms with Crippen molar-refractivity contribution < 1.29 is 8.83 Å². The molecule has 0 unspecified atom stereocenters. The highest BCUT2D eigenvalue weighted by Gasteiger charge is 2.20. The topological polar surface area (TPSA) is 29.5 Å². The molecule has 2 aromatic heterocycles. The van der Waals surface area contributed by atoms with E-state index in [1.54, 1.807) is 0 Å². The van der Waals surface area contributed by atoms with Crippen molar-refractivity contribution in [2.24, 2.45) is 0 Å². The first-order chi connectivity index (χ1) is 27.2. The van der Waals surface area contributed by atoms with E-state index in [9.17, 15) is 0 Å².